The molecule has 0 spiro atoms. The van der Waals surface area contributed by atoms with Crippen LogP contribution in [0, 0.1) is 11.6 Å². The third kappa shape index (κ3) is 3.92. The van der Waals surface area contributed by atoms with E-state index in [1.807, 2.05) is 0 Å². The highest BCUT2D eigenvalue weighted by Crippen LogP contribution is 2.30. The average Bonchev–Trinajstić information content (AvgIpc) is 2.59. The molecular weight excluding hydrogens is 357 g/mol. The summed E-state index contributed by atoms with van der Waals surface area (Å²) in [5.41, 5.74) is -0.325. The second-order valence-corrected chi connectivity index (χ2v) is 5.88. The SMILES string of the molecule is O=C1CN(c2ccnc(C(F)(F)F)c2)CCN1Cc1ccc(F)c(F)c1. The summed E-state index contributed by atoms with van der Waals surface area (Å²) in [6.45, 7) is 0.567. The number of amides is 1. The van der Waals surface area contributed by atoms with Gasteiger partial charge < -0.3 is 9.80 Å². The number of carbonyl (C=O) groups is 1. The van der Waals surface area contributed by atoms with E-state index in [-0.39, 0.29) is 31.2 Å². The van der Waals surface area contributed by atoms with Gasteiger partial charge in [0.1, 0.15) is 5.69 Å². The average molecular weight is 371 g/mol. The first-order chi connectivity index (χ1) is 12.2. The predicted octanol–water partition coefficient (Wildman–Crippen LogP) is 3.23. The Balaban J connectivity index is 1.69. The lowest BCUT2D eigenvalue weighted by Gasteiger charge is -2.35. The maximum absolute atomic E-state index is 13.3. The Morgan fingerprint density at radius 2 is 1.81 bits per heavy atom. The predicted molar refractivity (Wildman–Crippen MR) is 83.2 cm³/mol. The number of carbonyl (C=O) groups excluding carboxylic acids is 1. The van der Waals surface area contributed by atoms with E-state index in [1.165, 1.54) is 21.9 Å². The molecule has 1 aromatic carbocycles. The summed E-state index contributed by atoms with van der Waals surface area (Å²) in [7, 11) is 0. The van der Waals surface area contributed by atoms with Crippen molar-refractivity contribution in [2.75, 3.05) is 24.5 Å². The molecule has 1 aromatic heterocycles. The molecule has 4 nitrogen and oxygen atoms in total. The van der Waals surface area contributed by atoms with Crippen molar-refractivity contribution < 1.29 is 26.7 Å². The molecule has 1 aliphatic heterocycles. The molecule has 26 heavy (non-hydrogen) atoms. The number of aromatic nitrogens is 1. The summed E-state index contributed by atoms with van der Waals surface area (Å²) in [5.74, 6) is -2.28. The van der Waals surface area contributed by atoms with Gasteiger partial charge in [-0.2, -0.15) is 13.2 Å². The first kappa shape index (κ1) is 18.1. The van der Waals surface area contributed by atoms with E-state index in [1.54, 1.807) is 0 Å². The van der Waals surface area contributed by atoms with Crippen LogP contribution in [0.25, 0.3) is 0 Å². The van der Waals surface area contributed by atoms with Gasteiger partial charge in [0.25, 0.3) is 0 Å². The first-order valence-corrected chi connectivity index (χ1v) is 7.74. The van der Waals surface area contributed by atoms with Gasteiger partial charge in [-0.3, -0.25) is 9.78 Å². The van der Waals surface area contributed by atoms with Gasteiger partial charge in [-0.1, -0.05) is 6.07 Å². The van der Waals surface area contributed by atoms with Gasteiger partial charge in [0.15, 0.2) is 11.6 Å². The quantitative estimate of drug-likeness (QED) is 0.778. The van der Waals surface area contributed by atoms with Crippen molar-refractivity contribution in [1.82, 2.24) is 9.88 Å². The lowest BCUT2D eigenvalue weighted by molar-refractivity contribution is -0.141. The summed E-state index contributed by atoms with van der Waals surface area (Å²) < 4.78 is 64.5. The van der Waals surface area contributed by atoms with Crippen LogP contribution in [0.4, 0.5) is 27.6 Å². The van der Waals surface area contributed by atoms with Crippen molar-refractivity contribution in [3.05, 3.63) is 59.4 Å². The Hall–Kier alpha value is -2.71. The molecule has 1 fully saturated rings. The van der Waals surface area contributed by atoms with E-state index in [4.69, 9.17) is 0 Å². The van der Waals surface area contributed by atoms with Crippen LogP contribution in [0.1, 0.15) is 11.3 Å². The van der Waals surface area contributed by atoms with Crippen molar-refractivity contribution in [2.45, 2.75) is 12.7 Å². The molecular formula is C17H14F5N3O. The zero-order valence-electron chi connectivity index (χ0n) is 13.4. The number of hydrogen-bond donors (Lipinski definition) is 0. The van der Waals surface area contributed by atoms with Gasteiger partial charge in [-0.05, 0) is 29.8 Å². The fourth-order valence-corrected chi connectivity index (χ4v) is 2.73. The van der Waals surface area contributed by atoms with Crippen molar-refractivity contribution in [2.24, 2.45) is 0 Å². The maximum Gasteiger partial charge on any atom is 0.433 e. The van der Waals surface area contributed by atoms with E-state index in [0.717, 1.165) is 24.4 Å². The van der Waals surface area contributed by atoms with Gasteiger partial charge >= 0.3 is 6.18 Å². The Bertz CT molecular complexity index is 824. The monoisotopic (exact) mass is 371 g/mol. The number of hydrogen-bond acceptors (Lipinski definition) is 3. The molecule has 0 bridgehead atoms. The molecule has 2 aromatic rings. The number of piperazine rings is 1. The van der Waals surface area contributed by atoms with E-state index in [2.05, 4.69) is 4.98 Å². The number of anilines is 1. The standard InChI is InChI=1S/C17H14F5N3O/c18-13-2-1-11(7-14(13)19)9-25-6-5-24(10-16(25)26)12-3-4-23-15(8-12)17(20,21)22/h1-4,7-8H,5-6,9-10H2. The zero-order valence-corrected chi connectivity index (χ0v) is 13.4. The number of pyridine rings is 1. The van der Waals surface area contributed by atoms with Crippen molar-refractivity contribution in [3.8, 4) is 0 Å². The number of halogens is 5. The number of benzene rings is 1. The van der Waals surface area contributed by atoms with Crippen LogP contribution in [-0.4, -0.2) is 35.4 Å². The second-order valence-electron chi connectivity index (χ2n) is 5.88. The molecule has 2 heterocycles. The van der Waals surface area contributed by atoms with Crippen LogP contribution >= 0.6 is 0 Å². The van der Waals surface area contributed by atoms with Crippen LogP contribution < -0.4 is 4.90 Å². The summed E-state index contributed by atoms with van der Waals surface area (Å²) in [6.07, 6.45) is -3.51. The normalized spacial score (nSPS) is 15.5. The van der Waals surface area contributed by atoms with Crippen LogP contribution in [0.2, 0.25) is 0 Å². The summed E-state index contributed by atoms with van der Waals surface area (Å²) >= 11 is 0. The van der Waals surface area contributed by atoms with Crippen molar-refractivity contribution in [3.63, 3.8) is 0 Å². The summed E-state index contributed by atoms with van der Waals surface area (Å²) in [6, 6.07) is 5.71. The van der Waals surface area contributed by atoms with Gasteiger partial charge in [0.05, 0.1) is 6.54 Å². The molecule has 138 valence electrons. The topological polar surface area (TPSA) is 36.4 Å². The minimum absolute atomic E-state index is 0.105. The summed E-state index contributed by atoms with van der Waals surface area (Å²) in [4.78, 5) is 18.6. The van der Waals surface area contributed by atoms with E-state index in [0.29, 0.717) is 12.1 Å². The van der Waals surface area contributed by atoms with E-state index < -0.39 is 23.5 Å². The third-order valence-corrected chi connectivity index (χ3v) is 4.08. The van der Waals surface area contributed by atoms with Crippen LogP contribution in [-0.2, 0) is 17.5 Å². The molecule has 0 radical (unpaired) electrons. The molecule has 3 rings (SSSR count). The van der Waals surface area contributed by atoms with Gasteiger partial charge in [-0.25, -0.2) is 8.78 Å². The van der Waals surface area contributed by atoms with Crippen molar-refractivity contribution >= 4 is 11.6 Å². The highest BCUT2D eigenvalue weighted by atomic mass is 19.4. The largest absolute Gasteiger partial charge is 0.433 e. The third-order valence-electron chi connectivity index (χ3n) is 4.08. The zero-order chi connectivity index (χ0) is 18.9. The van der Waals surface area contributed by atoms with E-state index >= 15 is 0 Å². The minimum Gasteiger partial charge on any atom is -0.360 e. The number of alkyl halides is 3. The smallest absolute Gasteiger partial charge is 0.360 e. The Morgan fingerprint density at radius 1 is 1.04 bits per heavy atom. The molecule has 1 saturated heterocycles. The van der Waals surface area contributed by atoms with Gasteiger partial charge in [0.2, 0.25) is 5.91 Å². The molecule has 1 aliphatic rings. The van der Waals surface area contributed by atoms with Crippen LogP contribution in [0.3, 0.4) is 0 Å². The fourth-order valence-electron chi connectivity index (χ4n) is 2.73. The molecule has 0 unspecified atom stereocenters. The fraction of sp³-hybridized carbons (Fsp3) is 0.294. The molecule has 0 atom stereocenters. The van der Waals surface area contributed by atoms with E-state index in [9.17, 15) is 26.7 Å². The van der Waals surface area contributed by atoms with Gasteiger partial charge in [0, 0.05) is 31.5 Å². The van der Waals surface area contributed by atoms with Crippen molar-refractivity contribution in [1.29, 1.82) is 0 Å². The second kappa shape index (κ2) is 6.89. The Morgan fingerprint density at radius 3 is 2.46 bits per heavy atom. The Labute approximate surface area is 145 Å². The summed E-state index contributed by atoms with van der Waals surface area (Å²) in [5, 5.41) is 0. The first-order valence-electron chi connectivity index (χ1n) is 7.74. The molecule has 1 amide bonds. The molecule has 0 N–H and O–H groups in total. The maximum atomic E-state index is 13.3. The molecule has 0 aliphatic carbocycles. The highest BCUT2D eigenvalue weighted by molar-refractivity contribution is 5.82. The van der Waals surface area contributed by atoms with Gasteiger partial charge in [-0.15, -0.1) is 0 Å². The molecule has 9 heteroatoms. The highest BCUT2D eigenvalue weighted by Gasteiger charge is 2.33. The number of nitrogens with zero attached hydrogens (tertiary/aromatic N) is 3. The Kier molecular flexibility index (Phi) is 4.80. The van der Waals surface area contributed by atoms with Crippen LogP contribution in [0.15, 0.2) is 36.5 Å². The minimum atomic E-state index is -4.56. The number of rotatable bonds is 3. The lowest BCUT2D eigenvalue weighted by Crippen LogP contribution is -2.50. The van der Waals surface area contributed by atoms with Crippen LogP contribution in [0.5, 0.6) is 0 Å². The molecule has 0 saturated carbocycles. The lowest BCUT2D eigenvalue weighted by atomic mass is 10.1.